The minimum absolute atomic E-state index is 0.167. The van der Waals surface area contributed by atoms with E-state index in [-0.39, 0.29) is 5.75 Å². The van der Waals surface area contributed by atoms with Gasteiger partial charge in [-0.15, -0.1) is 0 Å². The first-order chi connectivity index (χ1) is 6.49. The Hall–Kier alpha value is 0.170. The fourth-order valence-electron chi connectivity index (χ4n) is 0.619. The first-order valence-corrected chi connectivity index (χ1v) is 7.24. The molecule has 0 spiro atoms. The van der Waals surface area contributed by atoms with Crippen LogP contribution in [-0.4, -0.2) is 37.7 Å². The van der Waals surface area contributed by atoms with Crippen molar-refractivity contribution >= 4 is 35.8 Å². The van der Waals surface area contributed by atoms with Gasteiger partial charge in [0.15, 0.2) is 0 Å². The Morgan fingerprint density at radius 2 is 1.79 bits per heavy atom. The third-order valence-corrected chi connectivity index (χ3v) is 1.42. The Balaban J connectivity index is 0.000000500. The zero-order valence-electron chi connectivity index (χ0n) is 8.25. The van der Waals surface area contributed by atoms with Crippen molar-refractivity contribution in [2.75, 3.05) is 0 Å². The Kier molecular flexibility index (Phi) is 7.55. The van der Waals surface area contributed by atoms with Crippen LogP contribution in [0.5, 0.6) is 5.75 Å². The van der Waals surface area contributed by atoms with E-state index >= 15 is 0 Å². The number of phosphoric acid groups is 1. The smallest absolute Gasteiger partial charge is 0.404 e. The molecule has 0 bridgehead atoms. The Morgan fingerprint density at radius 3 is 2.14 bits per heavy atom. The molecule has 0 aliphatic heterocycles. The second-order valence-corrected chi connectivity index (χ2v) is 5.18. The van der Waals surface area contributed by atoms with Gasteiger partial charge in [0.1, 0.15) is 5.75 Å². The maximum Gasteiger partial charge on any atom is 0.524 e. The van der Waals surface area contributed by atoms with Crippen LogP contribution in [0.2, 0.25) is 3.67 Å². The van der Waals surface area contributed by atoms with Gasteiger partial charge in [0.2, 0.25) is 0 Å². The van der Waals surface area contributed by atoms with Crippen LogP contribution in [0.25, 0.3) is 0 Å². The van der Waals surface area contributed by atoms with Gasteiger partial charge in [0.05, 0.1) is 0 Å². The van der Waals surface area contributed by atoms with E-state index in [4.69, 9.17) is 9.79 Å². The van der Waals surface area contributed by atoms with E-state index in [1.165, 1.54) is 43.7 Å². The minimum Gasteiger partial charge on any atom is -0.404 e. The van der Waals surface area contributed by atoms with Crippen LogP contribution in [0.4, 0.5) is 0 Å². The number of phosphoric ester groups is 1. The van der Waals surface area contributed by atoms with Gasteiger partial charge < -0.3 is 4.52 Å². The zero-order chi connectivity index (χ0) is 11.0. The first kappa shape index (κ1) is 14.2. The molecular weight excluding hydrogens is 214 g/mol. The fourth-order valence-corrected chi connectivity index (χ4v) is 1.02. The average molecular weight is 226 g/mol. The largest absolute Gasteiger partial charge is 0.524 e. The summed E-state index contributed by atoms with van der Waals surface area (Å²) in [5, 5.41) is 0. The average Bonchev–Trinajstić information content (AvgIpc) is 2.04. The van der Waals surface area contributed by atoms with E-state index in [0.717, 1.165) is 0 Å². The molecule has 0 radical (unpaired) electrons. The van der Waals surface area contributed by atoms with Crippen molar-refractivity contribution in [2.45, 2.75) is 10.6 Å². The molecule has 1 rings (SSSR count). The standard InChI is InChI=1S/C6H7O4P.C2H5.Na/c7-11(8,9)10-6-4-2-1-3-5-6;1-2;/h1-5H,(H2,7,8,9);1H2,2H3;. The molecule has 0 heterocycles. The molecule has 0 saturated heterocycles. The van der Waals surface area contributed by atoms with Crippen LogP contribution < -0.4 is 4.52 Å². The van der Waals surface area contributed by atoms with E-state index < -0.39 is 7.82 Å². The molecule has 2 N–H and O–H groups in total. The minimum atomic E-state index is -4.39. The summed E-state index contributed by atoms with van der Waals surface area (Å²) in [6.07, 6.45) is 0. The van der Waals surface area contributed by atoms with Gasteiger partial charge in [-0.3, -0.25) is 9.79 Å². The maximum atomic E-state index is 10.3. The molecule has 0 aliphatic rings. The molecular formula is C8H12NaO4P. The molecule has 0 aliphatic carbocycles. The molecule has 0 atom stereocenters. The third-order valence-electron chi connectivity index (χ3n) is 0.968. The van der Waals surface area contributed by atoms with Gasteiger partial charge in [0.25, 0.3) is 0 Å². The fraction of sp³-hybridized carbons (Fsp3) is 0.250. The van der Waals surface area contributed by atoms with Gasteiger partial charge in [-0.05, 0) is 12.1 Å². The van der Waals surface area contributed by atoms with Crippen LogP contribution in [0, 0.1) is 0 Å². The van der Waals surface area contributed by atoms with Crippen LogP contribution in [0.3, 0.4) is 0 Å². The van der Waals surface area contributed by atoms with E-state index in [2.05, 4.69) is 11.4 Å². The monoisotopic (exact) mass is 226 g/mol. The van der Waals surface area contributed by atoms with Crippen LogP contribution in [0.15, 0.2) is 30.3 Å². The Bertz CT molecular complexity index is 285. The summed E-state index contributed by atoms with van der Waals surface area (Å²) in [5.74, 6) is 0.167. The van der Waals surface area contributed by atoms with Gasteiger partial charge in [-0.2, -0.15) is 0 Å². The van der Waals surface area contributed by atoms with Crippen molar-refractivity contribution in [1.29, 1.82) is 0 Å². The van der Waals surface area contributed by atoms with Gasteiger partial charge >= 0.3 is 46.3 Å². The zero-order valence-corrected chi connectivity index (χ0v) is 11.1. The number of para-hydroxylation sites is 1. The van der Waals surface area contributed by atoms with Crippen LogP contribution in [0.1, 0.15) is 6.92 Å². The van der Waals surface area contributed by atoms with E-state index in [9.17, 15) is 4.57 Å². The van der Waals surface area contributed by atoms with Crippen molar-refractivity contribution < 1.29 is 18.9 Å². The molecule has 1 aromatic rings. The SMILES string of the molecule is C[CH2][Na].O=P(O)(O)Oc1ccccc1. The van der Waals surface area contributed by atoms with Gasteiger partial charge in [0, 0.05) is 0 Å². The summed E-state index contributed by atoms with van der Waals surface area (Å²) in [6.45, 7) is 2.19. The number of benzene rings is 1. The molecule has 4 nitrogen and oxygen atoms in total. The second kappa shape index (κ2) is 7.46. The molecule has 0 unspecified atom stereocenters. The molecule has 0 fully saturated rings. The third kappa shape index (κ3) is 8.75. The second-order valence-electron chi connectivity index (χ2n) is 2.60. The molecule has 6 heteroatoms. The topological polar surface area (TPSA) is 66.8 Å². The summed E-state index contributed by atoms with van der Waals surface area (Å²) < 4.78 is 15.9. The molecule has 1 aromatic carbocycles. The maximum absolute atomic E-state index is 10.3. The normalized spacial score (nSPS) is 10.1. The van der Waals surface area contributed by atoms with Crippen molar-refractivity contribution in [3.05, 3.63) is 30.3 Å². The van der Waals surface area contributed by atoms with Crippen molar-refractivity contribution in [3.63, 3.8) is 0 Å². The molecule has 0 aromatic heterocycles. The van der Waals surface area contributed by atoms with Gasteiger partial charge in [-0.1, -0.05) is 18.2 Å². The number of hydrogen-bond donors (Lipinski definition) is 2. The molecule has 74 valence electrons. The van der Waals surface area contributed by atoms with Crippen molar-refractivity contribution in [2.24, 2.45) is 0 Å². The summed E-state index contributed by atoms with van der Waals surface area (Å²) in [5.41, 5.74) is 0. The quantitative estimate of drug-likeness (QED) is 0.595. The van der Waals surface area contributed by atoms with Crippen LogP contribution in [-0.2, 0) is 4.57 Å². The van der Waals surface area contributed by atoms with E-state index in [1.54, 1.807) is 18.2 Å². The summed E-state index contributed by atoms with van der Waals surface area (Å²) in [6, 6.07) is 7.93. The molecule has 14 heavy (non-hydrogen) atoms. The van der Waals surface area contributed by atoms with Crippen molar-refractivity contribution in [1.82, 2.24) is 0 Å². The van der Waals surface area contributed by atoms with Crippen molar-refractivity contribution in [3.8, 4) is 5.75 Å². The Morgan fingerprint density at radius 1 is 1.36 bits per heavy atom. The predicted octanol–water partition coefficient (Wildman–Crippen LogP) is 1.75. The Labute approximate surface area is 101 Å². The molecule has 0 saturated carbocycles. The first-order valence-electron chi connectivity index (χ1n) is 4.29. The van der Waals surface area contributed by atoms with E-state index in [0.29, 0.717) is 0 Å². The number of hydrogen-bond acceptors (Lipinski definition) is 2. The van der Waals surface area contributed by atoms with E-state index in [1.807, 2.05) is 0 Å². The summed E-state index contributed by atoms with van der Waals surface area (Å²) in [4.78, 5) is 16.7. The summed E-state index contributed by atoms with van der Waals surface area (Å²) in [7, 11) is -4.39. The number of rotatable bonds is 2. The predicted molar refractivity (Wildman–Crippen MR) is 55.3 cm³/mol. The summed E-state index contributed by atoms with van der Waals surface area (Å²) >= 11 is 1.37. The molecule has 0 amide bonds. The van der Waals surface area contributed by atoms with Gasteiger partial charge in [-0.25, -0.2) is 4.57 Å². The van der Waals surface area contributed by atoms with Crippen LogP contribution >= 0.6 is 7.82 Å².